The molecule has 1 aliphatic heterocycles. The third kappa shape index (κ3) is 4.99. The summed E-state index contributed by atoms with van der Waals surface area (Å²) >= 11 is 0. The van der Waals surface area contributed by atoms with Gasteiger partial charge in [0.2, 0.25) is 0 Å². The highest BCUT2D eigenvalue weighted by atomic mass is 31.2. The summed E-state index contributed by atoms with van der Waals surface area (Å²) in [5.74, 6) is 0. The van der Waals surface area contributed by atoms with Gasteiger partial charge in [-0.25, -0.2) is 4.57 Å². The van der Waals surface area contributed by atoms with Gasteiger partial charge in [-0.3, -0.25) is 4.52 Å². The number of aliphatic hydroxyl groups is 2. The summed E-state index contributed by atoms with van der Waals surface area (Å²) in [5, 5.41) is 19.0. The minimum atomic E-state index is -4.57. The molecule has 4 N–H and O–H groups in total. The molecule has 17 heavy (non-hydrogen) atoms. The van der Waals surface area contributed by atoms with Gasteiger partial charge in [-0.2, -0.15) is 0 Å². The fourth-order valence-electron chi connectivity index (χ4n) is 1.51. The molecular weight excluding hydrogens is 255 g/mol. The number of rotatable bonds is 5. The van der Waals surface area contributed by atoms with Gasteiger partial charge in [-0.15, -0.1) is 0 Å². The van der Waals surface area contributed by atoms with E-state index in [1.54, 1.807) is 6.92 Å². The van der Waals surface area contributed by atoms with Crippen LogP contribution in [0.25, 0.3) is 0 Å². The maximum Gasteiger partial charge on any atom is 0.469 e. The lowest BCUT2D eigenvalue weighted by Crippen LogP contribution is -2.50. The average molecular weight is 272 g/mol. The quantitative estimate of drug-likeness (QED) is 0.468. The largest absolute Gasteiger partial charge is 0.469 e. The van der Waals surface area contributed by atoms with Gasteiger partial charge in [0.25, 0.3) is 0 Å². The second-order valence-corrected chi connectivity index (χ2v) is 4.90. The highest BCUT2D eigenvalue weighted by Crippen LogP contribution is 2.36. The molecule has 0 radical (unpaired) electrons. The minimum absolute atomic E-state index is 0.0186. The smallest absolute Gasteiger partial charge is 0.390 e. The van der Waals surface area contributed by atoms with Crippen molar-refractivity contribution in [2.24, 2.45) is 0 Å². The third-order valence-corrected chi connectivity index (χ3v) is 2.75. The molecule has 1 rings (SSSR count). The fraction of sp³-hybridized carbons (Fsp3) is 1.00. The van der Waals surface area contributed by atoms with Crippen LogP contribution in [0.15, 0.2) is 0 Å². The number of phosphoric ester groups is 1. The first kappa shape index (κ1) is 15.0. The van der Waals surface area contributed by atoms with Gasteiger partial charge in [0.15, 0.2) is 6.29 Å². The average Bonchev–Trinajstić information content (AvgIpc) is 2.21. The summed E-state index contributed by atoms with van der Waals surface area (Å²) in [5.41, 5.74) is 0. The summed E-state index contributed by atoms with van der Waals surface area (Å²) in [4.78, 5) is 17.1. The van der Waals surface area contributed by atoms with Crippen LogP contribution in [-0.2, 0) is 18.6 Å². The summed E-state index contributed by atoms with van der Waals surface area (Å²) < 4.78 is 25.0. The third-order valence-electron chi connectivity index (χ3n) is 2.26. The molecule has 0 amide bonds. The number of ether oxygens (including phenoxy) is 2. The van der Waals surface area contributed by atoms with Crippen LogP contribution in [0.2, 0.25) is 0 Å². The molecule has 0 aromatic heterocycles. The zero-order valence-electron chi connectivity index (χ0n) is 9.30. The van der Waals surface area contributed by atoms with Gasteiger partial charge in [0.1, 0.15) is 6.10 Å². The topological polar surface area (TPSA) is 126 Å². The van der Waals surface area contributed by atoms with Gasteiger partial charge in [-0.1, -0.05) is 0 Å². The van der Waals surface area contributed by atoms with Crippen molar-refractivity contribution >= 4 is 7.82 Å². The molecule has 8 nitrogen and oxygen atoms in total. The Bertz CT molecular complexity index is 279. The molecule has 0 aromatic carbocycles. The molecule has 1 aliphatic rings. The van der Waals surface area contributed by atoms with Gasteiger partial charge in [-0.05, 0) is 6.92 Å². The molecule has 102 valence electrons. The Morgan fingerprint density at radius 3 is 2.59 bits per heavy atom. The first-order valence-corrected chi connectivity index (χ1v) is 6.69. The number of hydrogen-bond acceptors (Lipinski definition) is 6. The van der Waals surface area contributed by atoms with Crippen LogP contribution in [0.3, 0.4) is 0 Å². The van der Waals surface area contributed by atoms with Crippen LogP contribution in [-0.4, -0.2) is 57.8 Å². The van der Waals surface area contributed by atoms with E-state index >= 15 is 0 Å². The van der Waals surface area contributed by atoms with E-state index in [1.165, 1.54) is 0 Å². The van der Waals surface area contributed by atoms with E-state index in [0.717, 1.165) is 0 Å². The predicted octanol–water partition coefficient (Wildman–Crippen LogP) is -1.03. The monoisotopic (exact) mass is 272 g/mol. The summed E-state index contributed by atoms with van der Waals surface area (Å²) in [6.07, 6.45) is -4.00. The summed E-state index contributed by atoms with van der Waals surface area (Å²) in [6.45, 7) is 1.59. The molecule has 0 saturated carbocycles. The number of phosphoric acid groups is 1. The summed E-state index contributed by atoms with van der Waals surface area (Å²) in [7, 11) is -4.57. The maximum atomic E-state index is 10.5. The lowest BCUT2D eigenvalue weighted by molar-refractivity contribution is -0.268. The molecule has 0 bridgehead atoms. The van der Waals surface area contributed by atoms with Crippen LogP contribution in [0, 0.1) is 0 Å². The zero-order valence-corrected chi connectivity index (χ0v) is 10.2. The van der Waals surface area contributed by atoms with Crippen molar-refractivity contribution in [3.8, 4) is 0 Å². The van der Waals surface area contributed by atoms with Gasteiger partial charge in [0, 0.05) is 13.0 Å². The Hall–Kier alpha value is -0.0500. The van der Waals surface area contributed by atoms with E-state index in [9.17, 15) is 14.8 Å². The second-order valence-electron chi connectivity index (χ2n) is 3.66. The Morgan fingerprint density at radius 1 is 1.41 bits per heavy atom. The van der Waals surface area contributed by atoms with Crippen molar-refractivity contribution in [2.75, 3.05) is 13.2 Å². The zero-order chi connectivity index (χ0) is 13.1. The maximum absolute atomic E-state index is 10.5. The normalized spacial score (nSPS) is 34.9. The molecule has 4 atom stereocenters. The Kier molecular flexibility index (Phi) is 5.49. The standard InChI is InChI=1S/C8H17O8P/c1-2-14-8-7(10)6(9)3-5(16-8)4-15-17(11,12)13/h5-10H,2-4H2,1H3,(H2,11,12,13)/t5-,6-,7-,8?/m0/s1. The van der Waals surface area contributed by atoms with Crippen molar-refractivity contribution < 1.29 is 38.6 Å². The highest BCUT2D eigenvalue weighted by Gasteiger charge is 2.38. The molecule has 1 heterocycles. The van der Waals surface area contributed by atoms with E-state index < -0.39 is 32.4 Å². The molecule has 1 fully saturated rings. The highest BCUT2D eigenvalue weighted by molar-refractivity contribution is 7.46. The van der Waals surface area contributed by atoms with Crippen molar-refractivity contribution in [3.63, 3.8) is 0 Å². The van der Waals surface area contributed by atoms with Crippen LogP contribution in [0.1, 0.15) is 13.3 Å². The van der Waals surface area contributed by atoms with Gasteiger partial charge < -0.3 is 29.5 Å². The van der Waals surface area contributed by atoms with Gasteiger partial charge in [0.05, 0.1) is 18.8 Å². The predicted molar refractivity (Wildman–Crippen MR) is 54.9 cm³/mol. The molecule has 1 saturated heterocycles. The van der Waals surface area contributed by atoms with Crippen molar-refractivity contribution in [2.45, 2.75) is 37.9 Å². The van der Waals surface area contributed by atoms with E-state index in [4.69, 9.17) is 19.3 Å². The first-order chi connectivity index (χ1) is 7.83. The van der Waals surface area contributed by atoms with E-state index in [2.05, 4.69) is 4.52 Å². The molecule has 0 aromatic rings. The van der Waals surface area contributed by atoms with Crippen LogP contribution in [0.5, 0.6) is 0 Å². The minimum Gasteiger partial charge on any atom is -0.390 e. The molecular formula is C8H17O8P. The Balaban J connectivity index is 2.49. The lowest BCUT2D eigenvalue weighted by atomic mass is 10.0. The molecule has 0 spiro atoms. The summed E-state index contributed by atoms with van der Waals surface area (Å²) in [6, 6.07) is 0. The Labute approximate surface area is 98.4 Å². The van der Waals surface area contributed by atoms with Crippen molar-refractivity contribution in [1.29, 1.82) is 0 Å². The van der Waals surface area contributed by atoms with E-state index in [0.29, 0.717) is 0 Å². The molecule has 9 heteroatoms. The van der Waals surface area contributed by atoms with Crippen molar-refractivity contribution in [3.05, 3.63) is 0 Å². The lowest BCUT2D eigenvalue weighted by Gasteiger charge is -2.36. The van der Waals surface area contributed by atoms with Gasteiger partial charge >= 0.3 is 7.82 Å². The first-order valence-electron chi connectivity index (χ1n) is 5.16. The van der Waals surface area contributed by atoms with Crippen molar-refractivity contribution in [1.82, 2.24) is 0 Å². The number of hydrogen-bond donors (Lipinski definition) is 4. The fourth-order valence-corrected chi connectivity index (χ4v) is 1.87. The molecule has 1 unspecified atom stereocenters. The van der Waals surface area contributed by atoms with E-state index in [-0.39, 0.29) is 19.6 Å². The van der Waals surface area contributed by atoms with Crippen LogP contribution >= 0.6 is 7.82 Å². The Morgan fingerprint density at radius 2 is 2.06 bits per heavy atom. The van der Waals surface area contributed by atoms with Crippen LogP contribution in [0.4, 0.5) is 0 Å². The van der Waals surface area contributed by atoms with Crippen LogP contribution < -0.4 is 0 Å². The second kappa shape index (κ2) is 6.21. The van der Waals surface area contributed by atoms with E-state index in [1.807, 2.05) is 0 Å². The SMILES string of the molecule is CCOC1O[C@H](COP(=O)(O)O)C[C@H](O)[C@@H]1O. The number of aliphatic hydroxyl groups excluding tert-OH is 2. The molecule has 0 aliphatic carbocycles.